The second-order valence-electron chi connectivity index (χ2n) is 8.96. The molecule has 1 aromatic rings. The van der Waals surface area contributed by atoms with Gasteiger partial charge in [-0.1, -0.05) is 30.9 Å². The SMILES string of the molecule is CC1CN(S(=O)(=O)c2cc(C(=O)N(C3CCCCC3)C3CC3)ccc2Cl)CC(C)O1. The Morgan fingerprint density at radius 1 is 1.03 bits per heavy atom. The molecule has 3 aliphatic rings. The zero-order valence-electron chi connectivity index (χ0n) is 17.7. The molecule has 2 aliphatic carbocycles. The van der Waals surface area contributed by atoms with E-state index in [1.165, 1.54) is 16.8 Å². The summed E-state index contributed by atoms with van der Waals surface area (Å²) in [5.74, 6) is -0.0683. The predicted molar refractivity (Wildman–Crippen MR) is 116 cm³/mol. The van der Waals surface area contributed by atoms with Crippen LogP contribution in [0, 0.1) is 0 Å². The number of carbonyl (C=O) groups is 1. The minimum atomic E-state index is -3.82. The fourth-order valence-corrected chi connectivity index (χ4v) is 6.88. The minimum absolute atomic E-state index is 0.00991. The van der Waals surface area contributed by atoms with Gasteiger partial charge in [0.05, 0.1) is 17.2 Å². The molecule has 2 unspecified atom stereocenters. The molecule has 1 aliphatic heterocycles. The first-order chi connectivity index (χ1) is 14.3. The van der Waals surface area contributed by atoms with Gasteiger partial charge in [-0.2, -0.15) is 4.31 Å². The second-order valence-corrected chi connectivity index (χ2v) is 11.3. The van der Waals surface area contributed by atoms with E-state index >= 15 is 0 Å². The Morgan fingerprint density at radius 3 is 2.23 bits per heavy atom. The molecule has 4 rings (SSSR count). The van der Waals surface area contributed by atoms with Gasteiger partial charge < -0.3 is 9.64 Å². The van der Waals surface area contributed by atoms with Gasteiger partial charge in [0.25, 0.3) is 5.91 Å². The highest BCUT2D eigenvalue weighted by atomic mass is 35.5. The van der Waals surface area contributed by atoms with Crippen molar-refractivity contribution < 1.29 is 17.9 Å². The van der Waals surface area contributed by atoms with E-state index in [0.717, 1.165) is 38.5 Å². The van der Waals surface area contributed by atoms with Crippen molar-refractivity contribution in [2.24, 2.45) is 0 Å². The number of sulfonamides is 1. The molecule has 2 saturated carbocycles. The van der Waals surface area contributed by atoms with Crippen LogP contribution in [-0.2, 0) is 14.8 Å². The van der Waals surface area contributed by atoms with Crippen LogP contribution in [0.15, 0.2) is 23.1 Å². The van der Waals surface area contributed by atoms with Crippen LogP contribution in [0.2, 0.25) is 5.02 Å². The third kappa shape index (κ3) is 4.54. The smallest absolute Gasteiger partial charge is 0.254 e. The fraction of sp³-hybridized carbons (Fsp3) is 0.682. The Hall–Kier alpha value is -1.15. The highest BCUT2D eigenvalue weighted by Crippen LogP contribution is 2.36. The van der Waals surface area contributed by atoms with Crippen molar-refractivity contribution in [1.29, 1.82) is 0 Å². The molecule has 166 valence electrons. The number of halogens is 1. The molecule has 1 amide bonds. The lowest BCUT2D eigenvalue weighted by molar-refractivity contribution is -0.0440. The van der Waals surface area contributed by atoms with Crippen molar-refractivity contribution in [3.8, 4) is 0 Å². The summed E-state index contributed by atoms with van der Waals surface area (Å²) in [6.07, 6.45) is 7.27. The summed E-state index contributed by atoms with van der Waals surface area (Å²) in [6, 6.07) is 5.23. The Labute approximate surface area is 184 Å². The molecule has 0 aromatic heterocycles. The zero-order valence-corrected chi connectivity index (χ0v) is 19.3. The van der Waals surface area contributed by atoms with E-state index in [9.17, 15) is 13.2 Å². The highest BCUT2D eigenvalue weighted by molar-refractivity contribution is 7.89. The molecule has 1 heterocycles. The van der Waals surface area contributed by atoms with Crippen LogP contribution < -0.4 is 0 Å². The zero-order chi connectivity index (χ0) is 21.5. The number of amides is 1. The molecular weight excluding hydrogens is 424 g/mol. The summed E-state index contributed by atoms with van der Waals surface area (Å²) in [5.41, 5.74) is 0.407. The molecule has 0 spiro atoms. The topological polar surface area (TPSA) is 66.9 Å². The lowest BCUT2D eigenvalue weighted by atomic mass is 9.93. The van der Waals surface area contributed by atoms with Crippen LogP contribution in [0.3, 0.4) is 0 Å². The van der Waals surface area contributed by atoms with Crippen LogP contribution in [0.4, 0.5) is 0 Å². The Bertz CT molecular complexity index is 886. The number of rotatable bonds is 5. The number of hydrogen-bond donors (Lipinski definition) is 0. The maximum Gasteiger partial charge on any atom is 0.254 e. The summed E-state index contributed by atoms with van der Waals surface area (Å²) in [4.78, 5) is 15.5. The normalized spacial score (nSPS) is 26.5. The first-order valence-corrected chi connectivity index (χ1v) is 12.9. The Kier molecular flexibility index (Phi) is 6.45. The highest BCUT2D eigenvalue weighted by Gasteiger charge is 2.39. The van der Waals surface area contributed by atoms with Crippen molar-refractivity contribution in [3.05, 3.63) is 28.8 Å². The van der Waals surface area contributed by atoms with Crippen molar-refractivity contribution in [2.75, 3.05) is 13.1 Å². The third-order valence-electron chi connectivity index (χ3n) is 6.32. The quantitative estimate of drug-likeness (QED) is 0.672. The van der Waals surface area contributed by atoms with Crippen LogP contribution in [0.25, 0.3) is 0 Å². The van der Waals surface area contributed by atoms with Gasteiger partial charge in [-0.05, 0) is 57.7 Å². The molecule has 8 heteroatoms. The van der Waals surface area contributed by atoms with E-state index < -0.39 is 10.0 Å². The lowest BCUT2D eigenvalue weighted by Gasteiger charge is -2.35. The van der Waals surface area contributed by atoms with Gasteiger partial charge in [-0.3, -0.25) is 4.79 Å². The van der Waals surface area contributed by atoms with Crippen molar-refractivity contribution >= 4 is 27.5 Å². The van der Waals surface area contributed by atoms with Crippen LogP contribution in [0.5, 0.6) is 0 Å². The van der Waals surface area contributed by atoms with E-state index in [-0.39, 0.29) is 53.2 Å². The van der Waals surface area contributed by atoms with Crippen molar-refractivity contribution in [2.45, 2.75) is 88.0 Å². The molecule has 6 nitrogen and oxygen atoms in total. The molecule has 1 aromatic carbocycles. The summed E-state index contributed by atoms with van der Waals surface area (Å²) in [6.45, 7) is 4.27. The predicted octanol–water partition coefficient (Wildman–Crippen LogP) is 4.08. The molecule has 0 radical (unpaired) electrons. The first-order valence-electron chi connectivity index (χ1n) is 11.0. The number of benzene rings is 1. The number of hydrogen-bond acceptors (Lipinski definition) is 4. The maximum atomic E-state index is 13.5. The minimum Gasteiger partial charge on any atom is -0.373 e. The molecule has 2 atom stereocenters. The fourth-order valence-electron chi connectivity index (χ4n) is 4.79. The molecule has 0 N–H and O–H groups in total. The van der Waals surface area contributed by atoms with Crippen molar-refractivity contribution in [1.82, 2.24) is 9.21 Å². The molecule has 1 saturated heterocycles. The lowest BCUT2D eigenvalue weighted by Crippen LogP contribution is -2.48. The van der Waals surface area contributed by atoms with Gasteiger partial charge in [0, 0.05) is 30.7 Å². The number of morpholine rings is 1. The van der Waals surface area contributed by atoms with Crippen LogP contribution >= 0.6 is 11.6 Å². The van der Waals surface area contributed by atoms with E-state index in [4.69, 9.17) is 16.3 Å². The standard InChI is InChI=1S/C22H31ClN2O4S/c1-15-13-24(14-16(2)29-15)30(27,28)21-12-17(8-11-20(21)23)22(26)25(19-9-10-19)18-6-4-3-5-7-18/h8,11-12,15-16,18-19H,3-7,9-10,13-14H2,1-2H3. The Morgan fingerprint density at radius 2 is 1.63 bits per heavy atom. The summed E-state index contributed by atoms with van der Waals surface area (Å²) in [7, 11) is -3.82. The monoisotopic (exact) mass is 454 g/mol. The van der Waals surface area contributed by atoms with E-state index in [1.807, 2.05) is 18.7 Å². The largest absolute Gasteiger partial charge is 0.373 e. The van der Waals surface area contributed by atoms with Gasteiger partial charge in [0.2, 0.25) is 10.0 Å². The van der Waals surface area contributed by atoms with E-state index in [1.54, 1.807) is 12.1 Å². The van der Waals surface area contributed by atoms with Crippen molar-refractivity contribution in [3.63, 3.8) is 0 Å². The molecule has 30 heavy (non-hydrogen) atoms. The number of ether oxygens (including phenoxy) is 1. The second kappa shape index (κ2) is 8.77. The van der Waals surface area contributed by atoms with Gasteiger partial charge in [0.15, 0.2) is 0 Å². The molecule has 0 bridgehead atoms. The number of nitrogens with zero attached hydrogens (tertiary/aromatic N) is 2. The Balaban J connectivity index is 1.63. The van der Waals surface area contributed by atoms with Crippen LogP contribution in [0.1, 0.15) is 69.2 Å². The van der Waals surface area contributed by atoms with Crippen LogP contribution in [-0.4, -0.2) is 60.9 Å². The first kappa shape index (κ1) is 22.1. The maximum absolute atomic E-state index is 13.5. The molecular formula is C22H31ClN2O4S. The summed E-state index contributed by atoms with van der Waals surface area (Å²) >= 11 is 6.32. The van der Waals surface area contributed by atoms with Gasteiger partial charge in [-0.15, -0.1) is 0 Å². The van der Waals surface area contributed by atoms with Gasteiger partial charge in [0.1, 0.15) is 4.90 Å². The van der Waals surface area contributed by atoms with E-state index in [0.29, 0.717) is 5.56 Å². The average Bonchev–Trinajstić information content (AvgIpc) is 3.53. The summed E-state index contributed by atoms with van der Waals surface area (Å²) in [5, 5.41) is 0.147. The van der Waals surface area contributed by atoms with E-state index in [2.05, 4.69) is 0 Å². The van der Waals surface area contributed by atoms with Gasteiger partial charge in [-0.25, -0.2) is 8.42 Å². The molecule has 3 fully saturated rings. The summed E-state index contributed by atoms with van der Waals surface area (Å²) < 4.78 is 33.8. The third-order valence-corrected chi connectivity index (χ3v) is 8.64. The van der Waals surface area contributed by atoms with Gasteiger partial charge >= 0.3 is 0 Å². The number of carbonyl (C=O) groups excluding carboxylic acids is 1. The average molecular weight is 455 g/mol.